The Labute approximate surface area is 115 Å². The first kappa shape index (κ1) is 14.3. The molecular formula is C15H25N3O. The number of aromatic nitrogens is 1. The maximum absolute atomic E-state index is 9.02. The number of aliphatic hydroxyl groups is 1. The molecule has 19 heavy (non-hydrogen) atoms. The molecule has 4 heteroatoms. The molecule has 0 bridgehead atoms. The fourth-order valence-corrected chi connectivity index (χ4v) is 2.88. The van der Waals surface area contributed by atoms with Crippen LogP contribution in [0.25, 0.3) is 0 Å². The number of aliphatic hydroxyl groups excluding tert-OH is 1. The molecule has 2 heterocycles. The molecule has 0 aromatic carbocycles. The molecule has 106 valence electrons. The van der Waals surface area contributed by atoms with Gasteiger partial charge in [0.2, 0.25) is 0 Å². The van der Waals surface area contributed by atoms with Crippen molar-refractivity contribution >= 4 is 5.82 Å². The quantitative estimate of drug-likeness (QED) is 0.825. The summed E-state index contributed by atoms with van der Waals surface area (Å²) in [6.45, 7) is 3.53. The van der Waals surface area contributed by atoms with Gasteiger partial charge < -0.3 is 15.3 Å². The summed E-state index contributed by atoms with van der Waals surface area (Å²) in [7, 11) is 1.98. The molecule has 1 aromatic rings. The topological polar surface area (TPSA) is 48.4 Å². The van der Waals surface area contributed by atoms with Crippen LogP contribution in [0.4, 0.5) is 5.82 Å². The van der Waals surface area contributed by atoms with Crippen LogP contribution in [0, 0.1) is 0 Å². The largest absolute Gasteiger partial charge is 0.396 e. The molecule has 2 N–H and O–H groups in total. The Morgan fingerprint density at radius 1 is 1.58 bits per heavy atom. The van der Waals surface area contributed by atoms with E-state index in [1.165, 1.54) is 18.4 Å². The Morgan fingerprint density at radius 2 is 2.42 bits per heavy atom. The SMILES string of the molecule is CNC(C)c1cccnc1N1CCCC1CCCO. The molecule has 1 aliphatic rings. The zero-order valence-electron chi connectivity index (χ0n) is 12.0. The molecule has 0 spiro atoms. The van der Waals surface area contributed by atoms with Gasteiger partial charge in [0, 0.05) is 37.0 Å². The summed E-state index contributed by atoms with van der Waals surface area (Å²) in [6, 6.07) is 5.00. The number of hydrogen-bond donors (Lipinski definition) is 2. The van der Waals surface area contributed by atoms with Crippen LogP contribution < -0.4 is 10.2 Å². The van der Waals surface area contributed by atoms with Gasteiger partial charge in [-0.2, -0.15) is 0 Å². The van der Waals surface area contributed by atoms with E-state index in [1.54, 1.807) is 0 Å². The van der Waals surface area contributed by atoms with Gasteiger partial charge in [-0.3, -0.25) is 0 Å². The van der Waals surface area contributed by atoms with Crippen molar-refractivity contribution < 1.29 is 5.11 Å². The molecule has 0 radical (unpaired) electrons. The highest BCUT2D eigenvalue weighted by Gasteiger charge is 2.27. The fraction of sp³-hybridized carbons (Fsp3) is 0.667. The smallest absolute Gasteiger partial charge is 0.133 e. The van der Waals surface area contributed by atoms with Crippen LogP contribution in [0.15, 0.2) is 18.3 Å². The number of pyridine rings is 1. The normalized spacial score (nSPS) is 20.8. The highest BCUT2D eigenvalue weighted by Crippen LogP contribution is 2.31. The lowest BCUT2D eigenvalue weighted by molar-refractivity contribution is 0.279. The number of nitrogens with one attached hydrogen (secondary N) is 1. The van der Waals surface area contributed by atoms with Crippen molar-refractivity contribution in [3.8, 4) is 0 Å². The van der Waals surface area contributed by atoms with Crippen molar-refractivity contribution in [2.24, 2.45) is 0 Å². The van der Waals surface area contributed by atoms with E-state index in [0.717, 1.165) is 25.2 Å². The van der Waals surface area contributed by atoms with Crippen molar-refractivity contribution in [3.63, 3.8) is 0 Å². The minimum absolute atomic E-state index is 0.284. The van der Waals surface area contributed by atoms with Gasteiger partial charge in [-0.25, -0.2) is 4.98 Å². The molecule has 1 aliphatic heterocycles. The predicted molar refractivity (Wildman–Crippen MR) is 78.4 cm³/mol. The monoisotopic (exact) mass is 263 g/mol. The zero-order chi connectivity index (χ0) is 13.7. The Morgan fingerprint density at radius 3 is 3.16 bits per heavy atom. The van der Waals surface area contributed by atoms with Gasteiger partial charge >= 0.3 is 0 Å². The van der Waals surface area contributed by atoms with E-state index in [4.69, 9.17) is 5.11 Å². The van der Waals surface area contributed by atoms with Crippen LogP contribution in [0.5, 0.6) is 0 Å². The molecule has 2 rings (SSSR count). The van der Waals surface area contributed by atoms with Gasteiger partial charge in [0.1, 0.15) is 5.82 Å². The lowest BCUT2D eigenvalue weighted by Crippen LogP contribution is -2.32. The Hall–Kier alpha value is -1.13. The first-order chi connectivity index (χ1) is 9.27. The molecule has 2 atom stereocenters. The summed E-state index contributed by atoms with van der Waals surface area (Å²) in [4.78, 5) is 7.04. The van der Waals surface area contributed by atoms with Crippen LogP contribution in [0.2, 0.25) is 0 Å². The highest BCUT2D eigenvalue weighted by molar-refractivity contribution is 5.50. The van der Waals surface area contributed by atoms with Crippen molar-refractivity contribution in [1.29, 1.82) is 0 Å². The van der Waals surface area contributed by atoms with Crippen LogP contribution in [0.3, 0.4) is 0 Å². The van der Waals surface area contributed by atoms with E-state index in [0.29, 0.717) is 12.1 Å². The summed E-state index contributed by atoms with van der Waals surface area (Å²) in [5.41, 5.74) is 1.26. The van der Waals surface area contributed by atoms with E-state index in [2.05, 4.69) is 28.2 Å². The third kappa shape index (κ3) is 3.25. The van der Waals surface area contributed by atoms with Crippen molar-refractivity contribution in [1.82, 2.24) is 10.3 Å². The molecule has 0 saturated carbocycles. The van der Waals surface area contributed by atoms with Gasteiger partial charge in [0.05, 0.1) is 0 Å². The molecular weight excluding hydrogens is 238 g/mol. The van der Waals surface area contributed by atoms with Crippen LogP contribution in [0.1, 0.15) is 44.2 Å². The third-order valence-electron chi connectivity index (χ3n) is 4.06. The molecule has 1 saturated heterocycles. The average Bonchev–Trinajstić information content (AvgIpc) is 2.92. The maximum atomic E-state index is 9.02. The van der Waals surface area contributed by atoms with Gasteiger partial charge in [0.25, 0.3) is 0 Å². The summed E-state index contributed by atoms with van der Waals surface area (Å²) in [5, 5.41) is 12.3. The van der Waals surface area contributed by atoms with Gasteiger partial charge in [-0.05, 0) is 45.7 Å². The molecule has 2 unspecified atom stereocenters. The minimum atomic E-state index is 0.284. The summed E-state index contributed by atoms with van der Waals surface area (Å²) in [6.07, 6.45) is 6.25. The van der Waals surface area contributed by atoms with Gasteiger partial charge in [0.15, 0.2) is 0 Å². The summed E-state index contributed by atoms with van der Waals surface area (Å²) < 4.78 is 0. The second kappa shape index (κ2) is 6.87. The average molecular weight is 263 g/mol. The van der Waals surface area contributed by atoms with Crippen LogP contribution in [-0.4, -0.2) is 36.3 Å². The molecule has 1 fully saturated rings. The maximum Gasteiger partial charge on any atom is 0.133 e. The molecule has 4 nitrogen and oxygen atoms in total. The standard InChI is InChI=1S/C15H25N3O/c1-12(16-2)14-8-3-9-17-15(14)18-10-4-6-13(18)7-5-11-19/h3,8-9,12-13,16,19H,4-7,10-11H2,1-2H3. The number of rotatable bonds is 6. The van der Waals surface area contributed by atoms with E-state index in [1.807, 2.05) is 19.3 Å². The van der Waals surface area contributed by atoms with E-state index in [-0.39, 0.29) is 6.61 Å². The first-order valence-corrected chi connectivity index (χ1v) is 7.27. The van der Waals surface area contributed by atoms with E-state index in [9.17, 15) is 0 Å². The van der Waals surface area contributed by atoms with Gasteiger partial charge in [-0.1, -0.05) is 6.07 Å². The summed E-state index contributed by atoms with van der Waals surface area (Å²) >= 11 is 0. The highest BCUT2D eigenvalue weighted by atomic mass is 16.2. The van der Waals surface area contributed by atoms with Crippen LogP contribution >= 0.6 is 0 Å². The zero-order valence-corrected chi connectivity index (χ0v) is 12.0. The van der Waals surface area contributed by atoms with Crippen molar-refractivity contribution in [2.75, 3.05) is 25.1 Å². The lowest BCUT2D eigenvalue weighted by atomic mass is 10.1. The minimum Gasteiger partial charge on any atom is -0.396 e. The number of hydrogen-bond acceptors (Lipinski definition) is 4. The second-order valence-electron chi connectivity index (χ2n) is 5.28. The first-order valence-electron chi connectivity index (χ1n) is 7.27. The van der Waals surface area contributed by atoms with E-state index >= 15 is 0 Å². The predicted octanol–water partition coefficient (Wildman–Crippen LogP) is 2.10. The summed E-state index contributed by atoms with van der Waals surface area (Å²) in [5.74, 6) is 1.12. The van der Waals surface area contributed by atoms with Crippen LogP contribution in [-0.2, 0) is 0 Å². The molecule has 0 amide bonds. The Kier molecular flexibility index (Phi) is 5.16. The second-order valence-corrected chi connectivity index (χ2v) is 5.28. The number of anilines is 1. The molecule has 1 aromatic heterocycles. The van der Waals surface area contributed by atoms with Gasteiger partial charge in [-0.15, -0.1) is 0 Å². The molecule has 0 aliphatic carbocycles. The van der Waals surface area contributed by atoms with Crippen molar-refractivity contribution in [2.45, 2.75) is 44.7 Å². The Bertz CT molecular complexity index is 397. The fourth-order valence-electron chi connectivity index (χ4n) is 2.88. The van der Waals surface area contributed by atoms with Crippen molar-refractivity contribution in [3.05, 3.63) is 23.9 Å². The van der Waals surface area contributed by atoms with E-state index < -0.39 is 0 Å². The Balaban J connectivity index is 2.20. The lowest BCUT2D eigenvalue weighted by Gasteiger charge is -2.29. The third-order valence-corrected chi connectivity index (χ3v) is 4.06. The number of nitrogens with zero attached hydrogens (tertiary/aromatic N) is 2.